The van der Waals surface area contributed by atoms with Crippen LogP contribution in [0.1, 0.15) is 67.3 Å². The SMILES string of the molecule is O=C1CCC(N2Cc3c(ccc(N4CCC(CN5CCC(OC6CCNCC6)CC5)CC4)c3F)C2=O)C(=O)N1. The number of piperidine rings is 4. The number of anilines is 1. The van der Waals surface area contributed by atoms with Crippen LogP contribution in [0.15, 0.2) is 12.1 Å². The van der Waals surface area contributed by atoms with E-state index in [-0.39, 0.29) is 37.0 Å². The van der Waals surface area contributed by atoms with Crippen LogP contribution in [0, 0.1) is 11.7 Å². The second kappa shape index (κ2) is 11.5. The lowest BCUT2D eigenvalue weighted by molar-refractivity contribution is -0.136. The molecule has 5 aliphatic rings. The Morgan fingerprint density at radius 3 is 2.33 bits per heavy atom. The van der Waals surface area contributed by atoms with E-state index >= 15 is 4.39 Å². The van der Waals surface area contributed by atoms with E-state index in [1.54, 1.807) is 12.1 Å². The summed E-state index contributed by atoms with van der Waals surface area (Å²) in [6, 6.07) is 2.68. The van der Waals surface area contributed by atoms with Gasteiger partial charge in [0, 0.05) is 50.3 Å². The Morgan fingerprint density at radius 2 is 1.62 bits per heavy atom. The third kappa shape index (κ3) is 5.69. The first kappa shape index (κ1) is 26.7. The van der Waals surface area contributed by atoms with Gasteiger partial charge in [-0.3, -0.25) is 19.7 Å². The van der Waals surface area contributed by atoms with Crippen LogP contribution in [-0.4, -0.2) is 91.6 Å². The Kier molecular flexibility index (Phi) is 7.86. The van der Waals surface area contributed by atoms with E-state index in [1.807, 2.05) is 0 Å². The van der Waals surface area contributed by atoms with Gasteiger partial charge in [-0.15, -0.1) is 0 Å². The van der Waals surface area contributed by atoms with E-state index in [0.29, 0.717) is 34.9 Å². The Hall–Kier alpha value is -2.56. The Bertz CT molecular complexity index is 1090. The average molecular weight is 542 g/mol. The molecular weight excluding hydrogens is 501 g/mol. The van der Waals surface area contributed by atoms with Crippen LogP contribution in [0.25, 0.3) is 0 Å². The van der Waals surface area contributed by atoms with Crippen molar-refractivity contribution in [2.45, 2.75) is 76.2 Å². The summed E-state index contributed by atoms with van der Waals surface area (Å²) >= 11 is 0. The van der Waals surface area contributed by atoms with Gasteiger partial charge >= 0.3 is 0 Å². The number of amides is 3. The van der Waals surface area contributed by atoms with Crippen molar-refractivity contribution >= 4 is 23.4 Å². The van der Waals surface area contributed by atoms with Gasteiger partial charge in [-0.25, -0.2) is 4.39 Å². The minimum atomic E-state index is -0.734. The first-order valence-electron chi connectivity index (χ1n) is 14.8. The van der Waals surface area contributed by atoms with Crippen LogP contribution in [-0.2, 0) is 20.9 Å². The minimum absolute atomic E-state index is 0.0634. The maximum atomic E-state index is 15.7. The number of likely N-dealkylation sites (tertiary alicyclic amines) is 1. The number of benzene rings is 1. The fourth-order valence-electron chi connectivity index (χ4n) is 6.99. The summed E-state index contributed by atoms with van der Waals surface area (Å²) in [7, 11) is 0. The summed E-state index contributed by atoms with van der Waals surface area (Å²) in [6.07, 6.45) is 7.77. The van der Waals surface area contributed by atoms with Crippen LogP contribution in [0.4, 0.5) is 10.1 Å². The van der Waals surface area contributed by atoms with Gasteiger partial charge in [0.2, 0.25) is 11.8 Å². The molecule has 1 aromatic rings. The second-order valence-corrected chi connectivity index (χ2v) is 11.8. The number of nitrogens with one attached hydrogen (secondary N) is 2. The molecule has 1 atom stereocenters. The van der Waals surface area contributed by atoms with Crippen molar-refractivity contribution in [2.75, 3.05) is 50.7 Å². The fourth-order valence-corrected chi connectivity index (χ4v) is 6.99. The summed E-state index contributed by atoms with van der Waals surface area (Å²) in [5.41, 5.74) is 1.23. The van der Waals surface area contributed by atoms with Gasteiger partial charge < -0.3 is 24.8 Å². The molecule has 6 rings (SSSR count). The van der Waals surface area contributed by atoms with Gasteiger partial charge in [0.15, 0.2) is 5.82 Å². The van der Waals surface area contributed by atoms with Crippen molar-refractivity contribution in [3.05, 3.63) is 29.1 Å². The summed E-state index contributed by atoms with van der Waals surface area (Å²) in [5, 5.41) is 5.70. The van der Waals surface area contributed by atoms with E-state index in [4.69, 9.17) is 4.74 Å². The standard InChI is InChI=1S/C29H40FN5O4/c30-27-23-18-35(25-3-4-26(36)32-28(25)37)29(38)22(23)1-2-24(27)34-15-7-19(8-16-34)17-33-13-9-21(10-14-33)39-20-5-11-31-12-6-20/h1-2,19-21,25,31H,3-18H2,(H,32,36,37). The number of carbonyl (C=O) groups excluding carboxylic acids is 3. The molecule has 2 N–H and O–H groups in total. The molecule has 0 aliphatic carbocycles. The molecule has 4 saturated heterocycles. The maximum Gasteiger partial charge on any atom is 0.255 e. The predicted octanol–water partition coefficient (Wildman–Crippen LogP) is 2.04. The zero-order valence-electron chi connectivity index (χ0n) is 22.6. The maximum absolute atomic E-state index is 15.7. The van der Waals surface area contributed by atoms with Crippen molar-refractivity contribution in [3.8, 4) is 0 Å². The largest absolute Gasteiger partial charge is 0.375 e. The summed E-state index contributed by atoms with van der Waals surface area (Å²) in [6.45, 7) is 7.05. The van der Waals surface area contributed by atoms with Crippen molar-refractivity contribution < 1.29 is 23.5 Å². The van der Waals surface area contributed by atoms with E-state index in [1.165, 1.54) is 4.90 Å². The Morgan fingerprint density at radius 1 is 0.897 bits per heavy atom. The summed E-state index contributed by atoms with van der Waals surface area (Å²) < 4.78 is 22.1. The molecule has 39 heavy (non-hydrogen) atoms. The number of rotatable bonds is 6. The minimum Gasteiger partial charge on any atom is -0.375 e. The van der Waals surface area contributed by atoms with Crippen LogP contribution in [0.3, 0.4) is 0 Å². The number of nitrogens with zero attached hydrogens (tertiary/aromatic N) is 3. The zero-order chi connectivity index (χ0) is 26.9. The first-order chi connectivity index (χ1) is 19.0. The Labute approximate surface area is 229 Å². The van der Waals surface area contributed by atoms with Gasteiger partial charge in [0.25, 0.3) is 5.91 Å². The highest BCUT2D eigenvalue weighted by molar-refractivity contribution is 6.05. The highest BCUT2D eigenvalue weighted by Crippen LogP contribution is 2.35. The Balaban J connectivity index is 0.997. The lowest BCUT2D eigenvalue weighted by atomic mass is 9.94. The monoisotopic (exact) mass is 541 g/mol. The number of hydrogen-bond donors (Lipinski definition) is 2. The van der Waals surface area contributed by atoms with Gasteiger partial charge in [0.1, 0.15) is 6.04 Å². The molecule has 4 fully saturated rings. The van der Waals surface area contributed by atoms with Crippen LogP contribution in [0.5, 0.6) is 0 Å². The van der Waals surface area contributed by atoms with E-state index < -0.39 is 11.9 Å². The van der Waals surface area contributed by atoms with Crippen molar-refractivity contribution in [2.24, 2.45) is 5.92 Å². The molecule has 5 heterocycles. The molecule has 9 nitrogen and oxygen atoms in total. The fraction of sp³-hybridized carbons (Fsp3) is 0.690. The molecule has 1 aromatic carbocycles. The molecule has 3 amide bonds. The van der Waals surface area contributed by atoms with E-state index in [0.717, 1.165) is 84.3 Å². The molecule has 212 valence electrons. The summed E-state index contributed by atoms with van der Waals surface area (Å²) in [4.78, 5) is 42.9. The van der Waals surface area contributed by atoms with Gasteiger partial charge in [0.05, 0.1) is 24.4 Å². The van der Waals surface area contributed by atoms with Crippen molar-refractivity contribution in [3.63, 3.8) is 0 Å². The van der Waals surface area contributed by atoms with Crippen molar-refractivity contribution in [1.82, 2.24) is 20.4 Å². The molecule has 0 radical (unpaired) electrons. The van der Waals surface area contributed by atoms with Crippen LogP contribution >= 0.6 is 0 Å². The van der Waals surface area contributed by atoms with E-state index in [2.05, 4.69) is 20.4 Å². The van der Waals surface area contributed by atoms with Crippen LogP contribution < -0.4 is 15.5 Å². The molecule has 10 heteroatoms. The third-order valence-corrected chi connectivity index (χ3v) is 9.31. The zero-order valence-corrected chi connectivity index (χ0v) is 22.6. The first-order valence-corrected chi connectivity index (χ1v) is 14.8. The third-order valence-electron chi connectivity index (χ3n) is 9.31. The summed E-state index contributed by atoms with van der Waals surface area (Å²) in [5.74, 6) is -0.902. The predicted molar refractivity (Wildman–Crippen MR) is 144 cm³/mol. The molecule has 0 bridgehead atoms. The lowest BCUT2D eigenvalue weighted by Crippen LogP contribution is -2.52. The van der Waals surface area contributed by atoms with E-state index in [9.17, 15) is 14.4 Å². The highest BCUT2D eigenvalue weighted by atomic mass is 19.1. The molecule has 0 spiro atoms. The number of hydrogen-bond acceptors (Lipinski definition) is 7. The topological polar surface area (TPSA) is 94.2 Å². The number of ether oxygens (including phenoxy) is 1. The number of fused-ring (bicyclic) bond motifs is 1. The lowest BCUT2D eigenvalue weighted by Gasteiger charge is -2.39. The van der Waals surface area contributed by atoms with Gasteiger partial charge in [-0.2, -0.15) is 0 Å². The second-order valence-electron chi connectivity index (χ2n) is 11.8. The van der Waals surface area contributed by atoms with Crippen molar-refractivity contribution in [1.29, 1.82) is 0 Å². The van der Waals surface area contributed by atoms with Crippen LogP contribution in [0.2, 0.25) is 0 Å². The quantitative estimate of drug-likeness (QED) is 0.533. The molecule has 0 saturated carbocycles. The van der Waals surface area contributed by atoms with Gasteiger partial charge in [-0.05, 0) is 76.1 Å². The molecule has 5 aliphatic heterocycles. The number of imide groups is 1. The molecule has 1 unspecified atom stereocenters. The highest BCUT2D eigenvalue weighted by Gasteiger charge is 2.41. The average Bonchev–Trinajstić information content (AvgIpc) is 3.28. The molecular formula is C29H40FN5O4. The normalized spacial score (nSPS) is 26.3. The molecule has 0 aromatic heterocycles. The number of carbonyl (C=O) groups is 3. The van der Waals surface area contributed by atoms with Gasteiger partial charge in [-0.1, -0.05) is 0 Å². The number of halogens is 1. The smallest absolute Gasteiger partial charge is 0.255 e.